The highest BCUT2D eigenvalue weighted by Crippen LogP contribution is 2.35. The molecular weight excluding hydrogens is 445 g/mol. The fourth-order valence-electron chi connectivity index (χ4n) is 5.34. The van der Waals surface area contributed by atoms with Crippen LogP contribution < -0.4 is 10.6 Å². The van der Waals surface area contributed by atoms with Crippen LogP contribution in [0.15, 0.2) is 54.9 Å². The van der Waals surface area contributed by atoms with Crippen molar-refractivity contribution in [2.45, 2.75) is 43.8 Å². The first kappa shape index (κ1) is 21.5. The predicted molar refractivity (Wildman–Crippen MR) is 128 cm³/mol. The number of nitriles is 1. The summed E-state index contributed by atoms with van der Waals surface area (Å²) >= 11 is 0. The SMILES string of the molecule is N#C[C@H](Cc1ccc(-n2cc(-c3ccc4[nH]ccc4c3)nn2)cc1F)NC(=O)C1NC2CCC1C2. The topological polar surface area (TPSA) is 111 Å². The van der Waals surface area contributed by atoms with Crippen molar-refractivity contribution >= 4 is 16.8 Å². The number of aromatic amines is 1. The number of nitrogens with zero attached hydrogens (tertiary/aromatic N) is 4. The van der Waals surface area contributed by atoms with Crippen molar-refractivity contribution in [2.75, 3.05) is 0 Å². The van der Waals surface area contributed by atoms with Gasteiger partial charge in [0.05, 0.1) is 24.0 Å². The van der Waals surface area contributed by atoms with Gasteiger partial charge in [-0.2, -0.15) is 5.26 Å². The molecule has 2 aromatic carbocycles. The molecule has 3 unspecified atom stereocenters. The van der Waals surface area contributed by atoms with Crippen LogP contribution >= 0.6 is 0 Å². The van der Waals surface area contributed by atoms with Gasteiger partial charge in [-0.15, -0.1) is 5.10 Å². The second kappa shape index (κ2) is 8.64. The molecule has 9 heteroatoms. The number of piperidine rings is 1. The van der Waals surface area contributed by atoms with E-state index in [-0.39, 0.29) is 18.4 Å². The number of aromatic nitrogens is 4. The zero-order chi connectivity index (χ0) is 23.9. The first-order valence-electron chi connectivity index (χ1n) is 11.8. The highest BCUT2D eigenvalue weighted by atomic mass is 19.1. The zero-order valence-corrected chi connectivity index (χ0v) is 18.9. The van der Waals surface area contributed by atoms with E-state index in [1.807, 2.05) is 30.5 Å². The molecule has 2 aromatic heterocycles. The highest BCUT2D eigenvalue weighted by molar-refractivity contribution is 5.84. The van der Waals surface area contributed by atoms with E-state index in [2.05, 4.69) is 32.0 Å². The van der Waals surface area contributed by atoms with Gasteiger partial charge >= 0.3 is 0 Å². The standard InChI is InChI=1S/C26H24FN7O/c27-22-12-21(34-14-24(32-33-34)16-3-6-23-17(9-16)7-8-29-23)5-2-15(22)10-20(13-28)31-26(35)25-18-1-4-19(11-18)30-25/h2-3,5-9,12,14,18-20,25,29-30H,1,4,10-11H2,(H,31,35)/t18?,19?,20-,25?/m0/s1. The van der Waals surface area contributed by atoms with Crippen LogP contribution in [0, 0.1) is 23.1 Å². The van der Waals surface area contributed by atoms with Crippen molar-refractivity contribution in [3.05, 3.63) is 66.2 Å². The van der Waals surface area contributed by atoms with E-state index in [1.54, 1.807) is 18.3 Å². The van der Waals surface area contributed by atoms with Gasteiger partial charge in [0.15, 0.2) is 0 Å². The molecule has 8 nitrogen and oxygen atoms in total. The minimum absolute atomic E-state index is 0.0917. The van der Waals surface area contributed by atoms with Crippen molar-refractivity contribution in [3.8, 4) is 23.0 Å². The molecule has 1 saturated heterocycles. The summed E-state index contributed by atoms with van der Waals surface area (Å²) in [5, 5.41) is 25.1. The van der Waals surface area contributed by atoms with Gasteiger partial charge in [-0.25, -0.2) is 9.07 Å². The van der Waals surface area contributed by atoms with E-state index in [0.29, 0.717) is 28.9 Å². The number of nitrogens with one attached hydrogen (secondary N) is 3. The Labute approximate surface area is 201 Å². The molecular formula is C26H24FN7O. The summed E-state index contributed by atoms with van der Waals surface area (Å²) in [5.41, 5.74) is 3.52. The number of rotatable bonds is 6. The minimum Gasteiger partial charge on any atom is -0.361 e. The molecule has 3 N–H and O–H groups in total. The quantitative estimate of drug-likeness (QED) is 0.401. The summed E-state index contributed by atoms with van der Waals surface area (Å²) in [6.45, 7) is 0. The lowest BCUT2D eigenvalue weighted by atomic mass is 9.98. The van der Waals surface area contributed by atoms with E-state index in [4.69, 9.17) is 0 Å². The molecule has 6 rings (SSSR count). The number of carbonyl (C=O) groups excluding carboxylic acids is 1. The van der Waals surface area contributed by atoms with Gasteiger partial charge in [0.1, 0.15) is 17.6 Å². The van der Waals surface area contributed by atoms with Crippen LogP contribution in [0.4, 0.5) is 4.39 Å². The van der Waals surface area contributed by atoms with Gasteiger partial charge in [-0.3, -0.25) is 4.79 Å². The third-order valence-electron chi connectivity index (χ3n) is 7.18. The Hall–Kier alpha value is -4.03. The van der Waals surface area contributed by atoms with E-state index in [0.717, 1.165) is 35.7 Å². The number of fused-ring (bicyclic) bond motifs is 3. The van der Waals surface area contributed by atoms with Crippen LogP contribution in [0.2, 0.25) is 0 Å². The maximum absolute atomic E-state index is 15.0. The first-order chi connectivity index (χ1) is 17.1. The van der Waals surface area contributed by atoms with Crippen LogP contribution in [0.5, 0.6) is 0 Å². The molecule has 2 aliphatic rings. The number of hydrogen-bond acceptors (Lipinski definition) is 5. The monoisotopic (exact) mass is 469 g/mol. The van der Waals surface area contributed by atoms with Crippen molar-refractivity contribution in [2.24, 2.45) is 5.92 Å². The lowest BCUT2D eigenvalue weighted by Gasteiger charge is -2.23. The van der Waals surface area contributed by atoms with E-state index in [9.17, 15) is 14.4 Å². The molecule has 2 fully saturated rings. The van der Waals surface area contributed by atoms with Gasteiger partial charge in [-0.1, -0.05) is 17.3 Å². The van der Waals surface area contributed by atoms with Crippen LogP contribution in [0.25, 0.3) is 27.8 Å². The summed E-state index contributed by atoms with van der Waals surface area (Å²) in [4.78, 5) is 15.8. The maximum Gasteiger partial charge on any atom is 0.238 e. The van der Waals surface area contributed by atoms with E-state index >= 15 is 0 Å². The minimum atomic E-state index is -0.801. The molecule has 3 heterocycles. The summed E-state index contributed by atoms with van der Waals surface area (Å²) in [7, 11) is 0. The van der Waals surface area contributed by atoms with Gasteiger partial charge in [0.2, 0.25) is 5.91 Å². The summed E-state index contributed by atoms with van der Waals surface area (Å²) in [5.74, 6) is -0.303. The number of amides is 1. The third kappa shape index (κ3) is 4.06. The molecule has 2 bridgehead atoms. The van der Waals surface area contributed by atoms with Gasteiger partial charge in [-0.05, 0) is 61.1 Å². The van der Waals surface area contributed by atoms with Crippen molar-refractivity contribution in [1.82, 2.24) is 30.6 Å². The molecule has 35 heavy (non-hydrogen) atoms. The van der Waals surface area contributed by atoms with Gasteiger partial charge in [0, 0.05) is 35.1 Å². The number of H-pyrrole nitrogens is 1. The van der Waals surface area contributed by atoms with Crippen LogP contribution in [0.3, 0.4) is 0 Å². The normalized spacial score (nSPS) is 21.8. The van der Waals surface area contributed by atoms with Crippen molar-refractivity contribution in [3.63, 3.8) is 0 Å². The molecule has 4 atom stereocenters. The highest BCUT2D eigenvalue weighted by Gasteiger charge is 2.43. The number of carbonyl (C=O) groups is 1. The largest absolute Gasteiger partial charge is 0.361 e. The van der Waals surface area contributed by atoms with Crippen LogP contribution in [-0.2, 0) is 11.2 Å². The molecule has 1 aliphatic heterocycles. The predicted octanol–water partition coefficient (Wildman–Crippen LogP) is 3.25. The van der Waals surface area contributed by atoms with E-state index < -0.39 is 11.9 Å². The fourth-order valence-corrected chi connectivity index (χ4v) is 5.34. The molecule has 4 aromatic rings. The van der Waals surface area contributed by atoms with Gasteiger partial charge < -0.3 is 15.6 Å². The Kier molecular flexibility index (Phi) is 5.30. The van der Waals surface area contributed by atoms with Crippen molar-refractivity contribution in [1.29, 1.82) is 5.26 Å². The molecule has 1 saturated carbocycles. The molecule has 176 valence electrons. The zero-order valence-electron chi connectivity index (χ0n) is 18.9. The smallest absolute Gasteiger partial charge is 0.238 e. The lowest BCUT2D eigenvalue weighted by molar-refractivity contribution is -0.124. The summed E-state index contributed by atoms with van der Waals surface area (Å²) < 4.78 is 16.5. The molecule has 0 radical (unpaired) electrons. The van der Waals surface area contributed by atoms with Gasteiger partial charge in [0.25, 0.3) is 0 Å². The molecule has 0 spiro atoms. The summed E-state index contributed by atoms with van der Waals surface area (Å²) in [6, 6.07) is 14.1. The summed E-state index contributed by atoms with van der Waals surface area (Å²) in [6.07, 6.45) is 6.87. The maximum atomic E-state index is 15.0. The lowest BCUT2D eigenvalue weighted by Crippen LogP contribution is -2.50. The second-order valence-corrected chi connectivity index (χ2v) is 9.41. The fraction of sp³-hybridized carbons (Fsp3) is 0.308. The van der Waals surface area contributed by atoms with E-state index in [1.165, 1.54) is 10.7 Å². The average Bonchev–Trinajstić information content (AvgIpc) is 3.68. The van der Waals surface area contributed by atoms with Crippen molar-refractivity contribution < 1.29 is 9.18 Å². The number of hydrogen-bond donors (Lipinski definition) is 3. The molecule has 1 aliphatic carbocycles. The second-order valence-electron chi connectivity index (χ2n) is 9.41. The first-order valence-corrected chi connectivity index (χ1v) is 11.8. The number of benzene rings is 2. The Morgan fingerprint density at radius 3 is 2.94 bits per heavy atom. The Balaban J connectivity index is 1.15. The molecule has 1 amide bonds. The Morgan fingerprint density at radius 1 is 1.26 bits per heavy atom. The van der Waals surface area contributed by atoms with Crippen LogP contribution in [0.1, 0.15) is 24.8 Å². The average molecular weight is 470 g/mol. The Morgan fingerprint density at radius 2 is 2.17 bits per heavy atom. The Bertz CT molecular complexity index is 1450. The number of halogens is 1. The van der Waals surface area contributed by atoms with Crippen LogP contribution in [-0.4, -0.2) is 44.0 Å². The third-order valence-corrected chi connectivity index (χ3v) is 7.18.